The molecule has 1 fully saturated rings. The van der Waals surface area contributed by atoms with E-state index in [2.05, 4.69) is 24.4 Å². The average Bonchev–Trinajstić information content (AvgIpc) is 3.01. The standard InChI is InChI=1S/C13H21NO2S/c1-2-11(14)13(12-4-3-7-17-12)16-9-10-5-6-15-8-10/h3-4,7,10-11,13H,2,5-6,8-9,14H2,1H3. The van der Waals surface area contributed by atoms with Crippen molar-refractivity contribution in [1.82, 2.24) is 0 Å². The van der Waals surface area contributed by atoms with Crippen LogP contribution in [0.1, 0.15) is 30.7 Å². The number of hydrogen-bond acceptors (Lipinski definition) is 4. The van der Waals surface area contributed by atoms with Gasteiger partial charge < -0.3 is 15.2 Å². The van der Waals surface area contributed by atoms with E-state index in [1.807, 2.05) is 0 Å². The molecule has 1 aliphatic rings. The van der Waals surface area contributed by atoms with Crippen LogP contribution in [0.15, 0.2) is 17.5 Å². The Hall–Kier alpha value is -0.420. The molecule has 4 heteroatoms. The lowest BCUT2D eigenvalue weighted by Crippen LogP contribution is -2.30. The van der Waals surface area contributed by atoms with Crippen LogP contribution in [0.25, 0.3) is 0 Å². The van der Waals surface area contributed by atoms with E-state index in [1.54, 1.807) is 11.3 Å². The molecular formula is C13H21NO2S. The van der Waals surface area contributed by atoms with Crippen LogP contribution in [-0.4, -0.2) is 25.9 Å². The molecule has 0 saturated carbocycles. The van der Waals surface area contributed by atoms with Gasteiger partial charge in [-0.05, 0) is 24.3 Å². The first-order chi connectivity index (χ1) is 8.31. The first kappa shape index (κ1) is 13.0. The van der Waals surface area contributed by atoms with Crippen molar-refractivity contribution in [2.24, 2.45) is 11.7 Å². The third-order valence-electron chi connectivity index (χ3n) is 3.22. The monoisotopic (exact) mass is 255 g/mol. The fourth-order valence-corrected chi connectivity index (χ4v) is 2.89. The summed E-state index contributed by atoms with van der Waals surface area (Å²) >= 11 is 1.72. The van der Waals surface area contributed by atoms with Gasteiger partial charge in [0.2, 0.25) is 0 Å². The molecule has 1 saturated heterocycles. The van der Waals surface area contributed by atoms with E-state index in [0.717, 1.165) is 32.7 Å². The Labute approximate surface area is 107 Å². The lowest BCUT2D eigenvalue weighted by Gasteiger charge is -2.23. The van der Waals surface area contributed by atoms with Gasteiger partial charge in [0, 0.05) is 23.4 Å². The Bertz CT molecular complexity index is 309. The normalized spacial score (nSPS) is 23.8. The number of rotatable bonds is 6. The number of nitrogens with two attached hydrogens (primary N) is 1. The van der Waals surface area contributed by atoms with Gasteiger partial charge in [-0.1, -0.05) is 13.0 Å². The van der Waals surface area contributed by atoms with Crippen molar-refractivity contribution in [2.45, 2.75) is 31.9 Å². The second kappa shape index (κ2) is 6.50. The Morgan fingerprint density at radius 2 is 2.53 bits per heavy atom. The zero-order valence-electron chi connectivity index (χ0n) is 10.3. The van der Waals surface area contributed by atoms with Crippen LogP contribution in [0.5, 0.6) is 0 Å². The van der Waals surface area contributed by atoms with E-state index < -0.39 is 0 Å². The molecule has 2 heterocycles. The Morgan fingerprint density at radius 3 is 3.12 bits per heavy atom. The molecule has 2 N–H and O–H groups in total. The Morgan fingerprint density at radius 1 is 1.65 bits per heavy atom. The van der Waals surface area contributed by atoms with Crippen LogP contribution in [0.3, 0.4) is 0 Å². The molecule has 1 aliphatic heterocycles. The first-order valence-corrected chi connectivity index (χ1v) is 7.17. The van der Waals surface area contributed by atoms with E-state index in [9.17, 15) is 0 Å². The van der Waals surface area contributed by atoms with E-state index in [-0.39, 0.29) is 12.1 Å². The minimum Gasteiger partial charge on any atom is -0.381 e. The second-order valence-electron chi connectivity index (χ2n) is 4.57. The summed E-state index contributed by atoms with van der Waals surface area (Å²) in [7, 11) is 0. The average molecular weight is 255 g/mol. The largest absolute Gasteiger partial charge is 0.381 e. The number of ether oxygens (including phenoxy) is 2. The minimum atomic E-state index is 0.0422. The van der Waals surface area contributed by atoms with E-state index in [4.69, 9.17) is 15.2 Å². The van der Waals surface area contributed by atoms with Crippen molar-refractivity contribution in [3.8, 4) is 0 Å². The van der Waals surface area contributed by atoms with Gasteiger partial charge in [0.05, 0.1) is 13.2 Å². The summed E-state index contributed by atoms with van der Waals surface area (Å²) in [6, 6.07) is 4.24. The molecule has 3 nitrogen and oxygen atoms in total. The molecular weight excluding hydrogens is 234 g/mol. The second-order valence-corrected chi connectivity index (χ2v) is 5.55. The van der Waals surface area contributed by atoms with E-state index >= 15 is 0 Å². The van der Waals surface area contributed by atoms with Crippen molar-refractivity contribution in [3.63, 3.8) is 0 Å². The van der Waals surface area contributed by atoms with Crippen LogP contribution in [-0.2, 0) is 9.47 Å². The zero-order valence-corrected chi connectivity index (χ0v) is 11.1. The van der Waals surface area contributed by atoms with Gasteiger partial charge in [0.25, 0.3) is 0 Å². The predicted octanol–water partition coefficient (Wildman–Crippen LogP) is 2.58. The Kier molecular flexibility index (Phi) is 4.98. The highest BCUT2D eigenvalue weighted by molar-refractivity contribution is 7.10. The quantitative estimate of drug-likeness (QED) is 0.849. The summed E-state index contributed by atoms with van der Waals surface area (Å²) in [4.78, 5) is 1.23. The maximum absolute atomic E-state index is 6.14. The summed E-state index contributed by atoms with van der Waals surface area (Å²) in [6.07, 6.45) is 2.09. The molecule has 1 aromatic heterocycles. The number of thiophene rings is 1. The van der Waals surface area contributed by atoms with Gasteiger partial charge in [-0.25, -0.2) is 0 Å². The van der Waals surface area contributed by atoms with Crippen molar-refractivity contribution in [3.05, 3.63) is 22.4 Å². The molecule has 17 heavy (non-hydrogen) atoms. The fraction of sp³-hybridized carbons (Fsp3) is 0.692. The SMILES string of the molecule is CCC(N)C(OCC1CCOC1)c1cccs1. The van der Waals surface area contributed by atoms with Crippen LogP contribution in [0.2, 0.25) is 0 Å². The van der Waals surface area contributed by atoms with Crippen molar-refractivity contribution >= 4 is 11.3 Å². The maximum Gasteiger partial charge on any atom is 0.107 e. The Balaban J connectivity index is 1.91. The molecule has 3 atom stereocenters. The minimum absolute atomic E-state index is 0.0422. The summed E-state index contributed by atoms with van der Waals surface area (Å²) in [5.41, 5.74) is 6.14. The summed E-state index contributed by atoms with van der Waals surface area (Å²) in [5.74, 6) is 0.543. The highest BCUT2D eigenvalue weighted by Gasteiger charge is 2.23. The van der Waals surface area contributed by atoms with Crippen molar-refractivity contribution in [2.75, 3.05) is 19.8 Å². The molecule has 0 aromatic carbocycles. The summed E-state index contributed by atoms with van der Waals surface area (Å²) in [5, 5.41) is 2.08. The molecule has 2 rings (SSSR count). The highest BCUT2D eigenvalue weighted by Crippen LogP contribution is 2.27. The lowest BCUT2D eigenvalue weighted by molar-refractivity contribution is 0.0115. The molecule has 1 aromatic rings. The van der Waals surface area contributed by atoms with Crippen LogP contribution >= 0.6 is 11.3 Å². The number of hydrogen-bond donors (Lipinski definition) is 1. The van der Waals surface area contributed by atoms with Crippen LogP contribution in [0, 0.1) is 5.92 Å². The summed E-state index contributed by atoms with van der Waals surface area (Å²) in [6.45, 7) is 4.57. The van der Waals surface area contributed by atoms with Gasteiger partial charge in [-0.15, -0.1) is 11.3 Å². The predicted molar refractivity (Wildman–Crippen MR) is 70.2 cm³/mol. The fourth-order valence-electron chi connectivity index (χ4n) is 2.04. The third-order valence-corrected chi connectivity index (χ3v) is 4.15. The molecule has 0 radical (unpaired) electrons. The molecule has 0 aliphatic carbocycles. The zero-order chi connectivity index (χ0) is 12.1. The third kappa shape index (κ3) is 3.52. The van der Waals surface area contributed by atoms with Gasteiger partial charge in [-0.3, -0.25) is 0 Å². The van der Waals surface area contributed by atoms with Gasteiger partial charge >= 0.3 is 0 Å². The van der Waals surface area contributed by atoms with Gasteiger partial charge in [-0.2, -0.15) is 0 Å². The lowest BCUT2D eigenvalue weighted by atomic mass is 10.1. The first-order valence-electron chi connectivity index (χ1n) is 6.29. The highest BCUT2D eigenvalue weighted by atomic mass is 32.1. The maximum atomic E-state index is 6.14. The van der Waals surface area contributed by atoms with Crippen molar-refractivity contribution < 1.29 is 9.47 Å². The smallest absolute Gasteiger partial charge is 0.107 e. The molecule has 0 amide bonds. The topological polar surface area (TPSA) is 44.5 Å². The van der Waals surface area contributed by atoms with E-state index in [0.29, 0.717) is 5.92 Å². The van der Waals surface area contributed by atoms with Gasteiger partial charge in [0.15, 0.2) is 0 Å². The summed E-state index contributed by atoms with van der Waals surface area (Å²) < 4.78 is 11.4. The molecule has 0 spiro atoms. The van der Waals surface area contributed by atoms with Crippen LogP contribution in [0.4, 0.5) is 0 Å². The van der Waals surface area contributed by atoms with Crippen molar-refractivity contribution in [1.29, 1.82) is 0 Å². The molecule has 96 valence electrons. The molecule has 0 bridgehead atoms. The molecule has 3 unspecified atom stereocenters. The van der Waals surface area contributed by atoms with E-state index in [1.165, 1.54) is 4.88 Å². The van der Waals surface area contributed by atoms with Gasteiger partial charge in [0.1, 0.15) is 6.10 Å². The van der Waals surface area contributed by atoms with Crippen LogP contribution < -0.4 is 5.73 Å².